The van der Waals surface area contributed by atoms with E-state index in [0.29, 0.717) is 12.2 Å². The van der Waals surface area contributed by atoms with Crippen LogP contribution in [0.25, 0.3) is 6.08 Å². The second kappa shape index (κ2) is 6.00. The molecule has 0 aliphatic carbocycles. The van der Waals surface area contributed by atoms with Crippen LogP contribution in [0, 0.1) is 10.1 Å². The van der Waals surface area contributed by atoms with Crippen LogP contribution < -0.4 is 0 Å². The van der Waals surface area contributed by atoms with Gasteiger partial charge in [-0.05, 0) is 30.7 Å². The van der Waals surface area contributed by atoms with E-state index in [2.05, 4.69) is 4.74 Å². The van der Waals surface area contributed by atoms with Gasteiger partial charge in [-0.2, -0.15) is 0 Å². The molecule has 0 amide bonds. The van der Waals surface area contributed by atoms with Gasteiger partial charge < -0.3 is 4.74 Å². The number of halogens is 1. The lowest BCUT2D eigenvalue weighted by Gasteiger charge is -1.97. The lowest BCUT2D eigenvalue weighted by molar-refractivity contribution is -0.384. The monoisotopic (exact) mass is 255 g/mol. The Balaban J connectivity index is 2.84. The van der Waals surface area contributed by atoms with Gasteiger partial charge in [0.25, 0.3) is 5.69 Å². The zero-order valence-corrected chi connectivity index (χ0v) is 9.81. The molecule has 5 nitrogen and oxygen atoms in total. The largest absolute Gasteiger partial charge is 0.463 e. The Morgan fingerprint density at radius 3 is 2.82 bits per heavy atom. The molecule has 0 saturated carbocycles. The van der Waals surface area contributed by atoms with Crippen LogP contribution >= 0.6 is 11.6 Å². The number of benzene rings is 1. The molecule has 90 valence electrons. The quantitative estimate of drug-likeness (QED) is 0.359. The number of rotatable bonds is 4. The van der Waals surface area contributed by atoms with E-state index in [4.69, 9.17) is 11.6 Å². The number of hydrogen-bond acceptors (Lipinski definition) is 4. The fraction of sp³-hybridized carbons (Fsp3) is 0.182. The topological polar surface area (TPSA) is 69.4 Å². The second-order valence-corrected chi connectivity index (χ2v) is 3.46. The first kappa shape index (κ1) is 13.2. The van der Waals surface area contributed by atoms with Crippen LogP contribution in [0.4, 0.5) is 5.69 Å². The number of nitro groups is 1. The minimum absolute atomic E-state index is 0.0287. The van der Waals surface area contributed by atoms with E-state index in [9.17, 15) is 14.9 Å². The number of carbonyl (C=O) groups excluding carboxylic acids is 1. The first-order chi connectivity index (χ1) is 8.04. The highest BCUT2D eigenvalue weighted by molar-refractivity contribution is 6.32. The van der Waals surface area contributed by atoms with Crippen molar-refractivity contribution < 1.29 is 14.5 Å². The molecule has 1 rings (SSSR count). The summed E-state index contributed by atoms with van der Waals surface area (Å²) < 4.78 is 4.69. The molecule has 0 radical (unpaired) electrons. The van der Waals surface area contributed by atoms with Crippen molar-refractivity contribution in [1.29, 1.82) is 0 Å². The summed E-state index contributed by atoms with van der Waals surface area (Å²) in [5.74, 6) is -0.470. The molecule has 0 atom stereocenters. The second-order valence-electron chi connectivity index (χ2n) is 3.05. The third-order valence-corrected chi connectivity index (χ3v) is 2.17. The van der Waals surface area contributed by atoms with Gasteiger partial charge in [-0.3, -0.25) is 10.1 Å². The zero-order chi connectivity index (χ0) is 12.8. The van der Waals surface area contributed by atoms with E-state index in [-0.39, 0.29) is 10.7 Å². The highest BCUT2D eigenvalue weighted by atomic mass is 35.5. The van der Waals surface area contributed by atoms with Crippen molar-refractivity contribution in [3.63, 3.8) is 0 Å². The summed E-state index contributed by atoms with van der Waals surface area (Å²) in [5, 5.41) is 10.5. The number of hydrogen-bond donors (Lipinski definition) is 0. The molecule has 17 heavy (non-hydrogen) atoms. The number of carbonyl (C=O) groups is 1. The van der Waals surface area contributed by atoms with Gasteiger partial charge in [-0.25, -0.2) is 4.79 Å². The Morgan fingerprint density at radius 1 is 1.59 bits per heavy atom. The smallest absolute Gasteiger partial charge is 0.330 e. The SMILES string of the molecule is CCOC(=O)/C=C/c1ccc([N+](=O)[O-])c(Cl)c1. The van der Waals surface area contributed by atoms with Gasteiger partial charge in [0.2, 0.25) is 0 Å². The fourth-order valence-corrected chi connectivity index (χ4v) is 1.39. The number of nitrogens with zero attached hydrogens (tertiary/aromatic N) is 1. The normalized spacial score (nSPS) is 10.5. The fourth-order valence-electron chi connectivity index (χ4n) is 1.13. The van der Waals surface area contributed by atoms with Crippen LogP contribution in [-0.2, 0) is 9.53 Å². The van der Waals surface area contributed by atoms with E-state index in [1.165, 1.54) is 30.4 Å². The first-order valence-corrected chi connectivity index (χ1v) is 5.21. The van der Waals surface area contributed by atoms with Crippen molar-refractivity contribution >= 4 is 29.3 Å². The highest BCUT2D eigenvalue weighted by Gasteiger charge is 2.11. The minimum Gasteiger partial charge on any atom is -0.463 e. The predicted molar refractivity (Wildman–Crippen MR) is 63.8 cm³/mol. The molecule has 0 aromatic heterocycles. The van der Waals surface area contributed by atoms with Gasteiger partial charge in [0.15, 0.2) is 0 Å². The summed E-state index contributed by atoms with van der Waals surface area (Å²) in [5.41, 5.74) is 0.425. The van der Waals surface area contributed by atoms with Crippen LogP contribution in [0.5, 0.6) is 0 Å². The van der Waals surface area contributed by atoms with Crippen LogP contribution in [0.15, 0.2) is 24.3 Å². The van der Waals surface area contributed by atoms with E-state index in [0.717, 1.165) is 0 Å². The summed E-state index contributed by atoms with van der Waals surface area (Å²) in [6, 6.07) is 4.20. The van der Waals surface area contributed by atoms with Crippen LogP contribution in [0.1, 0.15) is 12.5 Å². The molecule has 0 heterocycles. The summed E-state index contributed by atoms with van der Waals surface area (Å²) in [6.07, 6.45) is 2.72. The molecule has 6 heteroatoms. The van der Waals surface area contributed by atoms with Crippen molar-refractivity contribution in [3.8, 4) is 0 Å². The molecule has 1 aromatic carbocycles. The summed E-state index contributed by atoms with van der Waals surface area (Å²) in [4.78, 5) is 21.0. The average Bonchev–Trinajstić information content (AvgIpc) is 2.26. The molecular formula is C11H10ClNO4. The van der Waals surface area contributed by atoms with Gasteiger partial charge in [-0.1, -0.05) is 11.6 Å². The van der Waals surface area contributed by atoms with Gasteiger partial charge in [0.1, 0.15) is 5.02 Å². The molecule has 0 aliphatic heterocycles. The molecule has 0 aliphatic rings. The average molecular weight is 256 g/mol. The predicted octanol–water partition coefficient (Wildman–Crippen LogP) is 2.82. The molecule has 0 N–H and O–H groups in total. The first-order valence-electron chi connectivity index (χ1n) is 4.83. The molecule has 0 unspecified atom stereocenters. The Labute approximate surface area is 103 Å². The lowest BCUT2D eigenvalue weighted by atomic mass is 10.2. The molecule has 0 spiro atoms. The Hall–Kier alpha value is -1.88. The molecular weight excluding hydrogens is 246 g/mol. The minimum atomic E-state index is -0.568. The third kappa shape index (κ3) is 3.88. The maximum atomic E-state index is 11.0. The van der Waals surface area contributed by atoms with Crippen molar-refractivity contribution in [2.45, 2.75) is 6.92 Å². The Morgan fingerprint density at radius 2 is 2.29 bits per heavy atom. The standard InChI is InChI=1S/C11H10ClNO4/c1-2-17-11(14)6-4-8-3-5-10(13(15)16)9(12)7-8/h3-7H,2H2,1H3/b6-4+. The van der Waals surface area contributed by atoms with E-state index in [1.54, 1.807) is 6.92 Å². The van der Waals surface area contributed by atoms with Gasteiger partial charge >= 0.3 is 5.97 Å². The lowest BCUT2D eigenvalue weighted by Crippen LogP contribution is -1.98. The van der Waals surface area contributed by atoms with Crippen molar-refractivity contribution in [2.75, 3.05) is 6.61 Å². The third-order valence-electron chi connectivity index (χ3n) is 1.87. The Bertz CT molecular complexity index is 471. The van der Waals surface area contributed by atoms with Crippen molar-refractivity contribution in [1.82, 2.24) is 0 Å². The maximum absolute atomic E-state index is 11.0. The highest BCUT2D eigenvalue weighted by Crippen LogP contribution is 2.25. The molecule has 0 saturated heterocycles. The summed E-state index contributed by atoms with van der Waals surface area (Å²) in [7, 11) is 0. The number of nitro benzene ring substituents is 1. The van der Waals surface area contributed by atoms with E-state index in [1.807, 2.05) is 0 Å². The van der Waals surface area contributed by atoms with Gasteiger partial charge in [0, 0.05) is 12.1 Å². The molecule has 0 fully saturated rings. The summed E-state index contributed by atoms with van der Waals surface area (Å²) >= 11 is 5.71. The summed E-state index contributed by atoms with van der Waals surface area (Å²) in [6.45, 7) is 2.00. The maximum Gasteiger partial charge on any atom is 0.330 e. The van der Waals surface area contributed by atoms with E-state index >= 15 is 0 Å². The van der Waals surface area contributed by atoms with Crippen LogP contribution in [-0.4, -0.2) is 17.5 Å². The number of esters is 1. The van der Waals surface area contributed by atoms with E-state index < -0.39 is 10.9 Å². The van der Waals surface area contributed by atoms with Gasteiger partial charge in [0.05, 0.1) is 11.5 Å². The van der Waals surface area contributed by atoms with Crippen LogP contribution in [0.2, 0.25) is 5.02 Å². The van der Waals surface area contributed by atoms with Gasteiger partial charge in [-0.15, -0.1) is 0 Å². The number of ether oxygens (including phenoxy) is 1. The van der Waals surface area contributed by atoms with Crippen molar-refractivity contribution in [2.24, 2.45) is 0 Å². The molecule has 1 aromatic rings. The van der Waals surface area contributed by atoms with Crippen molar-refractivity contribution in [3.05, 3.63) is 45.0 Å². The van der Waals surface area contributed by atoms with Crippen LogP contribution in [0.3, 0.4) is 0 Å². The molecule has 0 bridgehead atoms. The Kier molecular flexibility index (Phi) is 4.66. The zero-order valence-electron chi connectivity index (χ0n) is 9.05.